The molecule has 4 aliphatic rings. The van der Waals surface area contributed by atoms with Crippen molar-refractivity contribution in [3.63, 3.8) is 0 Å². The van der Waals surface area contributed by atoms with Crippen LogP contribution in [0.2, 0.25) is 0 Å². The summed E-state index contributed by atoms with van der Waals surface area (Å²) in [6.07, 6.45) is 2.63. The van der Waals surface area contributed by atoms with Crippen LogP contribution in [-0.2, 0) is 0 Å². The van der Waals surface area contributed by atoms with Gasteiger partial charge in [0, 0.05) is 75.5 Å². The Hall–Kier alpha value is -0.160. The van der Waals surface area contributed by atoms with Gasteiger partial charge < -0.3 is 4.90 Å². The van der Waals surface area contributed by atoms with Gasteiger partial charge in [-0.3, -0.25) is 14.7 Å². The molecule has 4 aliphatic heterocycles. The number of rotatable bonds is 8. The van der Waals surface area contributed by atoms with Crippen molar-refractivity contribution < 1.29 is 0 Å². The lowest BCUT2D eigenvalue weighted by molar-refractivity contribution is -0.0954. The molecule has 0 aliphatic carbocycles. The second-order valence-electron chi connectivity index (χ2n) is 15.8. The third kappa shape index (κ3) is 5.81. The summed E-state index contributed by atoms with van der Waals surface area (Å²) in [5.74, 6) is 3.78. The Balaban J connectivity index is 1.13. The van der Waals surface area contributed by atoms with E-state index in [1.165, 1.54) is 71.7 Å². The minimum atomic E-state index is 0.340. The van der Waals surface area contributed by atoms with E-state index in [0.29, 0.717) is 22.0 Å². The predicted molar refractivity (Wildman–Crippen MR) is 142 cm³/mol. The lowest BCUT2D eigenvalue weighted by Gasteiger charge is -2.58. The lowest BCUT2D eigenvalue weighted by atomic mass is 9.74. The van der Waals surface area contributed by atoms with Gasteiger partial charge in [0.2, 0.25) is 0 Å². The van der Waals surface area contributed by atoms with Crippen LogP contribution in [0.4, 0.5) is 0 Å². The number of hydrogen-bond acceptors (Lipinski definition) is 4. The number of likely N-dealkylation sites (tertiary alicyclic amines) is 4. The van der Waals surface area contributed by atoms with Crippen LogP contribution in [0, 0.1) is 29.1 Å². The van der Waals surface area contributed by atoms with Crippen molar-refractivity contribution in [2.45, 2.75) is 98.7 Å². The molecule has 0 radical (unpaired) electrons. The van der Waals surface area contributed by atoms with Gasteiger partial charge in [-0.05, 0) is 90.4 Å². The van der Waals surface area contributed by atoms with E-state index in [4.69, 9.17) is 0 Å². The highest BCUT2D eigenvalue weighted by molar-refractivity contribution is 5.02. The largest absolute Gasteiger partial charge is 0.302 e. The summed E-state index contributed by atoms with van der Waals surface area (Å²) in [6.45, 7) is 36.1. The highest BCUT2D eigenvalue weighted by Gasteiger charge is 2.48. The van der Waals surface area contributed by atoms with E-state index in [1.807, 2.05) is 0 Å². The standard InChI is InChI=1S/C29H56N4/c1-26(2,3)21-30-13-22(14-30)24-17-32(18-24)28(7,8)11-12-29(9,10)33-19-25(20-33)23-15-31(16-23)27(4,5)6/h22-25H,11-21H2,1-10H3. The first-order valence-electron chi connectivity index (χ1n) is 14.0. The zero-order valence-electron chi connectivity index (χ0n) is 23.9. The van der Waals surface area contributed by atoms with E-state index >= 15 is 0 Å². The molecule has 4 fully saturated rings. The molecule has 33 heavy (non-hydrogen) atoms. The number of nitrogens with zero attached hydrogens (tertiary/aromatic N) is 4. The predicted octanol–water partition coefficient (Wildman–Crippen LogP) is 4.90. The zero-order chi connectivity index (χ0) is 24.4. The molecule has 0 aromatic carbocycles. The van der Waals surface area contributed by atoms with Crippen LogP contribution in [-0.4, -0.2) is 95.1 Å². The fourth-order valence-electron chi connectivity index (χ4n) is 6.60. The fourth-order valence-corrected chi connectivity index (χ4v) is 6.60. The molecule has 0 bridgehead atoms. The molecule has 0 N–H and O–H groups in total. The molecule has 4 heterocycles. The molecule has 0 aromatic heterocycles. The minimum Gasteiger partial charge on any atom is -0.302 e. The van der Waals surface area contributed by atoms with E-state index in [-0.39, 0.29) is 0 Å². The number of hydrogen-bond donors (Lipinski definition) is 0. The van der Waals surface area contributed by atoms with Gasteiger partial charge in [-0.25, -0.2) is 0 Å². The Morgan fingerprint density at radius 2 is 0.818 bits per heavy atom. The summed E-state index contributed by atoms with van der Waals surface area (Å²) in [5, 5.41) is 0. The Morgan fingerprint density at radius 3 is 1.15 bits per heavy atom. The summed E-state index contributed by atoms with van der Waals surface area (Å²) < 4.78 is 0. The maximum atomic E-state index is 2.79. The Labute approximate surface area is 206 Å². The summed E-state index contributed by atoms with van der Waals surface area (Å²) >= 11 is 0. The SMILES string of the molecule is CC(C)(C)CN1CC(C2CN(C(C)(C)CCC(C)(C)N3CC(C4CN(C(C)(C)C)C4)C3)C2)C1. The third-order valence-electron chi connectivity index (χ3n) is 9.76. The van der Waals surface area contributed by atoms with Crippen LogP contribution >= 0.6 is 0 Å². The van der Waals surface area contributed by atoms with Gasteiger partial charge in [-0.15, -0.1) is 0 Å². The molecule has 4 rings (SSSR count). The minimum absolute atomic E-state index is 0.340. The molecular weight excluding hydrogens is 404 g/mol. The monoisotopic (exact) mass is 460 g/mol. The first-order chi connectivity index (χ1) is 15.0. The molecule has 0 saturated carbocycles. The molecule has 192 valence electrons. The quantitative estimate of drug-likeness (QED) is 0.511. The van der Waals surface area contributed by atoms with E-state index < -0.39 is 0 Å². The summed E-state index contributed by atoms with van der Waals surface area (Å²) in [5.41, 5.74) is 1.47. The average molecular weight is 461 g/mol. The van der Waals surface area contributed by atoms with Gasteiger partial charge in [0.15, 0.2) is 0 Å². The zero-order valence-corrected chi connectivity index (χ0v) is 23.9. The van der Waals surface area contributed by atoms with Crippen molar-refractivity contribution in [1.29, 1.82) is 0 Å². The first kappa shape index (κ1) is 25.9. The van der Waals surface area contributed by atoms with Crippen molar-refractivity contribution in [2.24, 2.45) is 29.1 Å². The third-order valence-corrected chi connectivity index (χ3v) is 9.76. The molecule has 4 saturated heterocycles. The summed E-state index contributed by atoms with van der Waals surface area (Å²) in [6, 6.07) is 0. The Bertz CT molecular complexity index is 661. The highest BCUT2D eigenvalue weighted by Crippen LogP contribution is 2.41. The molecule has 0 unspecified atom stereocenters. The maximum absolute atomic E-state index is 2.79. The van der Waals surface area contributed by atoms with Gasteiger partial charge in [-0.1, -0.05) is 20.8 Å². The smallest absolute Gasteiger partial charge is 0.0154 e. The van der Waals surface area contributed by atoms with Crippen LogP contribution in [0.15, 0.2) is 0 Å². The molecule has 4 heteroatoms. The summed E-state index contributed by atoms with van der Waals surface area (Å²) in [7, 11) is 0. The molecule has 4 nitrogen and oxygen atoms in total. The lowest BCUT2D eigenvalue weighted by Crippen LogP contribution is -2.66. The molecular formula is C29H56N4. The molecule has 0 amide bonds. The first-order valence-corrected chi connectivity index (χ1v) is 14.0. The van der Waals surface area contributed by atoms with E-state index in [0.717, 1.165) is 23.7 Å². The normalized spacial score (nSPS) is 26.7. The van der Waals surface area contributed by atoms with E-state index in [2.05, 4.69) is 88.8 Å². The van der Waals surface area contributed by atoms with E-state index in [1.54, 1.807) is 0 Å². The van der Waals surface area contributed by atoms with Crippen LogP contribution in [0.5, 0.6) is 0 Å². The average Bonchev–Trinajstić information content (AvgIpc) is 2.47. The second-order valence-corrected chi connectivity index (χ2v) is 15.8. The van der Waals surface area contributed by atoms with Gasteiger partial charge in [0.25, 0.3) is 0 Å². The topological polar surface area (TPSA) is 13.0 Å². The molecule has 0 atom stereocenters. The highest BCUT2D eigenvalue weighted by atomic mass is 15.3. The van der Waals surface area contributed by atoms with E-state index in [9.17, 15) is 0 Å². The van der Waals surface area contributed by atoms with Gasteiger partial charge in [-0.2, -0.15) is 0 Å². The van der Waals surface area contributed by atoms with Crippen LogP contribution in [0.1, 0.15) is 82.1 Å². The van der Waals surface area contributed by atoms with Crippen LogP contribution < -0.4 is 0 Å². The van der Waals surface area contributed by atoms with Crippen molar-refractivity contribution in [2.75, 3.05) is 58.9 Å². The van der Waals surface area contributed by atoms with Crippen LogP contribution in [0.25, 0.3) is 0 Å². The van der Waals surface area contributed by atoms with Gasteiger partial charge in [0.05, 0.1) is 0 Å². The van der Waals surface area contributed by atoms with Crippen molar-refractivity contribution in [3.05, 3.63) is 0 Å². The molecule has 0 spiro atoms. The van der Waals surface area contributed by atoms with Crippen LogP contribution in [0.3, 0.4) is 0 Å². The van der Waals surface area contributed by atoms with Gasteiger partial charge >= 0.3 is 0 Å². The fraction of sp³-hybridized carbons (Fsp3) is 1.00. The van der Waals surface area contributed by atoms with Crippen molar-refractivity contribution in [1.82, 2.24) is 19.6 Å². The van der Waals surface area contributed by atoms with Gasteiger partial charge in [0.1, 0.15) is 0 Å². The molecule has 0 aromatic rings. The Morgan fingerprint density at radius 1 is 0.485 bits per heavy atom. The maximum Gasteiger partial charge on any atom is 0.0154 e. The Kier molecular flexibility index (Phi) is 6.87. The van der Waals surface area contributed by atoms with Crippen molar-refractivity contribution in [3.8, 4) is 0 Å². The second kappa shape index (κ2) is 8.75. The summed E-state index contributed by atoms with van der Waals surface area (Å²) in [4.78, 5) is 10.9. The van der Waals surface area contributed by atoms with Crippen molar-refractivity contribution >= 4 is 0 Å².